The van der Waals surface area contributed by atoms with Gasteiger partial charge >= 0.3 is 0 Å². The molecule has 1 aromatic carbocycles. The fraction of sp³-hybridized carbons (Fsp3) is 0.200. The average Bonchev–Trinajstić information content (AvgIpc) is 2.81. The third-order valence-electron chi connectivity index (χ3n) is 3.54. The lowest BCUT2D eigenvalue weighted by atomic mass is 10.1. The number of methoxy groups -OCH3 is 1. The van der Waals surface area contributed by atoms with Crippen LogP contribution in [0.4, 0.5) is 4.39 Å². The molecule has 4 nitrogen and oxygen atoms in total. The van der Waals surface area contributed by atoms with Crippen molar-refractivity contribution in [1.82, 2.24) is 14.5 Å². The lowest BCUT2D eigenvalue weighted by molar-refractivity contribution is 0.387. The van der Waals surface area contributed by atoms with E-state index in [1.807, 2.05) is 23.6 Å². The molecule has 2 heterocycles. The molecule has 1 unspecified atom stereocenters. The van der Waals surface area contributed by atoms with Crippen molar-refractivity contribution in [2.75, 3.05) is 7.11 Å². The first-order valence-electron chi connectivity index (χ1n) is 6.49. The zero-order valence-corrected chi connectivity index (χ0v) is 12.4. The van der Waals surface area contributed by atoms with Gasteiger partial charge in [-0.05, 0) is 30.8 Å². The molecule has 0 saturated heterocycles. The molecule has 0 aliphatic carbocycles. The van der Waals surface area contributed by atoms with Crippen molar-refractivity contribution in [2.24, 2.45) is 0 Å². The number of nitrogens with zero attached hydrogens (tertiary/aromatic N) is 2. The summed E-state index contributed by atoms with van der Waals surface area (Å²) >= 11 is 5.38. The predicted molar refractivity (Wildman–Crippen MR) is 81.7 cm³/mol. The van der Waals surface area contributed by atoms with Crippen LogP contribution in [0.1, 0.15) is 18.5 Å². The van der Waals surface area contributed by atoms with Gasteiger partial charge < -0.3 is 14.3 Å². The molecule has 21 heavy (non-hydrogen) atoms. The SMILES string of the molecule is COc1cc2c(cc1F)[nH]c(=S)n2C(C)c1cccnc1. The van der Waals surface area contributed by atoms with E-state index in [9.17, 15) is 4.39 Å². The first kappa shape index (κ1) is 13.8. The molecule has 1 N–H and O–H groups in total. The highest BCUT2D eigenvalue weighted by atomic mass is 32.1. The summed E-state index contributed by atoms with van der Waals surface area (Å²) in [4.78, 5) is 7.16. The topological polar surface area (TPSA) is 42.8 Å². The van der Waals surface area contributed by atoms with Crippen molar-refractivity contribution in [2.45, 2.75) is 13.0 Å². The van der Waals surface area contributed by atoms with Crippen LogP contribution in [0.2, 0.25) is 0 Å². The molecule has 0 amide bonds. The van der Waals surface area contributed by atoms with Gasteiger partial charge in [0, 0.05) is 24.5 Å². The minimum atomic E-state index is -0.414. The number of hydrogen-bond donors (Lipinski definition) is 1. The van der Waals surface area contributed by atoms with Crippen LogP contribution in [0.25, 0.3) is 11.0 Å². The van der Waals surface area contributed by atoms with Crippen molar-refractivity contribution in [3.05, 3.63) is 52.8 Å². The predicted octanol–water partition coefficient (Wildman–Crippen LogP) is 3.85. The number of pyridine rings is 1. The minimum Gasteiger partial charge on any atom is -0.494 e. The third kappa shape index (κ3) is 2.31. The molecular formula is C15H14FN3OS. The Hall–Kier alpha value is -2.21. The first-order valence-corrected chi connectivity index (χ1v) is 6.90. The number of rotatable bonds is 3. The Kier molecular flexibility index (Phi) is 3.47. The molecular weight excluding hydrogens is 289 g/mol. The average molecular weight is 303 g/mol. The van der Waals surface area contributed by atoms with E-state index < -0.39 is 5.82 Å². The number of aromatic nitrogens is 3. The van der Waals surface area contributed by atoms with Gasteiger partial charge in [-0.25, -0.2) is 4.39 Å². The van der Waals surface area contributed by atoms with Crippen molar-refractivity contribution in [3.63, 3.8) is 0 Å². The number of benzene rings is 1. The Morgan fingerprint density at radius 3 is 2.90 bits per heavy atom. The molecule has 0 radical (unpaired) electrons. The monoisotopic (exact) mass is 303 g/mol. The summed E-state index contributed by atoms with van der Waals surface area (Å²) in [5, 5.41) is 0. The Bertz CT molecular complexity index is 841. The summed E-state index contributed by atoms with van der Waals surface area (Å²) in [6, 6.07) is 6.90. The van der Waals surface area contributed by atoms with Crippen molar-refractivity contribution in [1.29, 1.82) is 0 Å². The van der Waals surface area contributed by atoms with E-state index in [4.69, 9.17) is 17.0 Å². The van der Waals surface area contributed by atoms with Crippen LogP contribution in [0.5, 0.6) is 5.75 Å². The van der Waals surface area contributed by atoms with E-state index >= 15 is 0 Å². The van der Waals surface area contributed by atoms with Crippen LogP contribution in [-0.4, -0.2) is 21.6 Å². The highest BCUT2D eigenvalue weighted by Crippen LogP contribution is 2.28. The summed E-state index contributed by atoms with van der Waals surface area (Å²) in [6.45, 7) is 2.02. The number of H-pyrrole nitrogens is 1. The van der Waals surface area contributed by atoms with Gasteiger partial charge in [-0.3, -0.25) is 4.98 Å². The molecule has 1 atom stereocenters. The maximum atomic E-state index is 13.8. The van der Waals surface area contributed by atoms with E-state index in [1.54, 1.807) is 18.5 Å². The van der Waals surface area contributed by atoms with E-state index in [0.717, 1.165) is 11.1 Å². The molecule has 108 valence electrons. The van der Waals surface area contributed by atoms with Gasteiger partial charge in [0.25, 0.3) is 0 Å². The lowest BCUT2D eigenvalue weighted by Crippen LogP contribution is -2.07. The highest BCUT2D eigenvalue weighted by Gasteiger charge is 2.16. The molecule has 3 aromatic rings. The quantitative estimate of drug-likeness (QED) is 0.747. The van der Waals surface area contributed by atoms with E-state index in [2.05, 4.69) is 9.97 Å². The Morgan fingerprint density at radius 2 is 2.24 bits per heavy atom. The van der Waals surface area contributed by atoms with Crippen molar-refractivity contribution in [3.8, 4) is 5.75 Å². The van der Waals surface area contributed by atoms with Crippen LogP contribution in [0, 0.1) is 10.6 Å². The second-order valence-corrected chi connectivity index (χ2v) is 5.15. The molecule has 0 fully saturated rings. The summed E-state index contributed by atoms with van der Waals surface area (Å²) in [6.07, 6.45) is 3.52. The van der Waals surface area contributed by atoms with Crippen LogP contribution in [0.3, 0.4) is 0 Å². The molecule has 0 bridgehead atoms. The number of ether oxygens (including phenoxy) is 1. The molecule has 0 spiro atoms. The molecule has 0 aliphatic heterocycles. The van der Waals surface area contributed by atoms with Gasteiger partial charge in [0.2, 0.25) is 0 Å². The van der Waals surface area contributed by atoms with Gasteiger partial charge in [0.1, 0.15) is 0 Å². The van der Waals surface area contributed by atoms with Crippen molar-refractivity contribution < 1.29 is 9.13 Å². The molecule has 0 saturated carbocycles. The number of hydrogen-bond acceptors (Lipinski definition) is 3. The minimum absolute atomic E-state index is 0.0184. The summed E-state index contributed by atoms with van der Waals surface area (Å²) in [7, 11) is 1.44. The molecule has 3 rings (SSSR count). The first-order chi connectivity index (χ1) is 10.1. The Balaban J connectivity index is 2.22. The molecule has 2 aromatic heterocycles. The zero-order chi connectivity index (χ0) is 15.0. The maximum absolute atomic E-state index is 13.8. The zero-order valence-electron chi connectivity index (χ0n) is 11.6. The number of nitrogens with one attached hydrogen (secondary N) is 1. The standard InChI is InChI=1S/C15H14FN3OS/c1-9(10-4-3-5-17-8-10)19-13-7-14(20-2)11(16)6-12(13)18-15(19)21/h3-9H,1-2H3,(H,18,21). The Labute approximate surface area is 126 Å². The molecule has 6 heteroatoms. The van der Waals surface area contributed by atoms with Gasteiger partial charge in [0.15, 0.2) is 16.3 Å². The summed E-state index contributed by atoms with van der Waals surface area (Å²) in [5.74, 6) is -0.217. The third-order valence-corrected chi connectivity index (χ3v) is 3.84. The summed E-state index contributed by atoms with van der Waals surface area (Å²) in [5.41, 5.74) is 2.47. The Morgan fingerprint density at radius 1 is 1.43 bits per heavy atom. The number of fused-ring (bicyclic) bond motifs is 1. The van der Waals surface area contributed by atoms with Gasteiger partial charge in [-0.2, -0.15) is 0 Å². The number of halogens is 1. The second-order valence-electron chi connectivity index (χ2n) is 4.77. The number of aromatic amines is 1. The van der Waals surface area contributed by atoms with Crippen molar-refractivity contribution >= 4 is 23.3 Å². The lowest BCUT2D eigenvalue weighted by Gasteiger charge is -2.15. The van der Waals surface area contributed by atoms with E-state index in [0.29, 0.717) is 10.3 Å². The number of imidazole rings is 1. The maximum Gasteiger partial charge on any atom is 0.178 e. The smallest absolute Gasteiger partial charge is 0.178 e. The van der Waals surface area contributed by atoms with Crippen LogP contribution in [0.15, 0.2) is 36.7 Å². The van der Waals surface area contributed by atoms with Gasteiger partial charge in [-0.1, -0.05) is 6.07 Å². The van der Waals surface area contributed by atoms with Crippen LogP contribution in [-0.2, 0) is 0 Å². The van der Waals surface area contributed by atoms with Gasteiger partial charge in [0.05, 0.1) is 24.2 Å². The van der Waals surface area contributed by atoms with E-state index in [1.165, 1.54) is 13.2 Å². The van der Waals surface area contributed by atoms with Crippen LogP contribution < -0.4 is 4.74 Å². The fourth-order valence-electron chi connectivity index (χ4n) is 2.44. The normalized spacial score (nSPS) is 12.5. The van der Waals surface area contributed by atoms with Gasteiger partial charge in [-0.15, -0.1) is 0 Å². The van der Waals surface area contributed by atoms with Crippen LogP contribution >= 0.6 is 12.2 Å². The largest absolute Gasteiger partial charge is 0.494 e. The fourth-order valence-corrected chi connectivity index (χ4v) is 2.81. The summed E-state index contributed by atoms with van der Waals surface area (Å²) < 4.78 is 21.3. The second kappa shape index (κ2) is 5.29. The van der Waals surface area contributed by atoms with E-state index in [-0.39, 0.29) is 11.8 Å². The highest BCUT2D eigenvalue weighted by molar-refractivity contribution is 7.71. The molecule has 0 aliphatic rings.